The number of aromatic nitrogens is 1. The zero-order valence-corrected chi connectivity index (χ0v) is 13.2. The van der Waals surface area contributed by atoms with Crippen LogP contribution in [0.4, 0.5) is 5.82 Å². The fraction of sp³-hybridized carbons (Fsp3) is 0.706. The van der Waals surface area contributed by atoms with E-state index in [0.717, 1.165) is 44.3 Å². The van der Waals surface area contributed by atoms with Crippen LogP contribution >= 0.6 is 0 Å². The summed E-state index contributed by atoms with van der Waals surface area (Å²) in [6, 6.07) is 3.00. The second-order valence-corrected chi connectivity index (χ2v) is 6.70. The van der Waals surface area contributed by atoms with E-state index >= 15 is 0 Å². The van der Waals surface area contributed by atoms with Crippen molar-refractivity contribution in [1.82, 2.24) is 10.3 Å². The summed E-state index contributed by atoms with van der Waals surface area (Å²) in [5, 5.41) is 13.2. The van der Waals surface area contributed by atoms with Crippen LogP contribution < -0.4 is 10.2 Å². The molecule has 0 bridgehead atoms. The number of piperidine rings is 1. The van der Waals surface area contributed by atoms with Crippen molar-refractivity contribution < 1.29 is 5.11 Å². The SMILES string of the molecule is Cc1cc(CNC2CC2)cnc1N1CCC(C(C)O)CC1. The van der Waals surface area contributed by atoms with E-state index in [9.17, 15) is 5.11 Å². The lowest BCUT2D eigenvalue weighted by molar-refractivity contribution is 0.110. The second kappa shape index (κ2) is 6.32. The molecule has 1 aliphatic carbocycles. The molecule has 0 aromatic carbocycles. The molecule has 1 aliphatic heterocycles. The Morgan fingerprint density at radius 3 is 2.62 bits per heavy atom. The largest absolute Gasteiger partial charge is 0.393 e. The number of pyridine rings is 1. The summed E-state index contributed by atoms with van der Waals surface area (Å²) >= 11 is 0. The summed E-state index contributed by atoms with van der Waals surface area (Å²) in [6.45, 7) is 7.00. The molecule has 0 amide bonds. The van der Waals surface area contributed by atoms with Crippen LogP contribution in [0.1, 0.15) is 43.7 Å². The third-order valence-corrected chi connectivity index (χ3v) is 4.80. The van der Waals surface area contributed by atoms with Crippen LogP contribution in [-0.2, 0) is 6.54 Å². The van der Waals surface area contributed by atoms with Crippen LogP contribution in [0, 0.1) is 12.8 Å². The molecule has 116 valence electrons. The molecule has 0 radical (unpaired) electrons. The molecule has 2 heterocycles. The van der Waals surface area contributed by atoms with Gasteiger partial charge in [0.25, 0.3) is 0 Å². The predicted octanol–water partition coefficient (Wildman–Crippen LogP) is 2.24. The van der Waals surface area contributed by atoms with Crippen molar-refractivity contribution in [2.24, 2.45) is 5.92 Å². The number of hydrogen-bond acceptors (Lipinski definition) is 4. The average molecular weight is 289 g/mol. The van der Waals surface area contributed by atoms with Gasteiger partial charge < -0.3 is 15.3 Å². The van der Waals surface area contributed by atoms with Crippen LogP contribution in [-0.4, -0.2) is 35.3 Å². The minimum atomic E-state index is -0.183. The first-order chi connectivity index (χ1) is 10.1. The normalized spacial score (nSPS) is 21.6. The highest BCUT2D eigenvalue weighted by Crippen LogP contribution is 2.26. The van der Waals surface area contributed by atoms with Crippen LogP contribution in [0.15, 0.2) is 12.3 Å². The monoisotopic (exact) mass is 289 g/mol. The van der Waals surface area contributed by atoms with Crippen molar-refractivity contribution in [3.63, 3.8) is 0 Å². The minimum absolute atomic E-state index is 0.183. The third-order valence-electron chi connectivity index (χ3n) is 4.80. The Balaban J connectivity index is 1.60. The summed E-state index contributed by atoms with van der Waals surface area (Å²) in [6.07, 6.45) is 6.59. The van der Waals surface area contributed by atoms with Gasteiger partial charge in [-0.15, -0.1) is 0 Å². The highest BCUT2D eigenvalue weighted by molar-refractivity contribution is 5.47. The van der Waals surface area contributed by atoms with Gasteiger partial charge in [0.05, 0.1) is 6.10 Å². The molecule has 4 nitrogen and oxygen atoms in total. The van der Waals surface area contributed by atoms with Crippen LogP contribution in [0.5, 0.6) is 0 Å². The van der Waals surface area contributed by atoms with Gasteiger partial charge in [-0.25, -0.2) is 4.98 Å². The van der Waals surface area contributed by atoms with Crippen molar-refractivity contribution in [3.05, 3.63) is 23.4 Å². The van der Waals surface area contributed by atoms with Gasteiger partial charge in [0.1, 0.15) is 5.82 Å². The van der Waals surface area contributed by atoms with Crippen LogP contribution in [0.2, 0.25) is 0 Å². The molecular weight excluding hydrogens is 262 g/mol. The minimum Gasteiger partial charge on any atom is -0.393 e. The smallest absolute Gasteiger partial charge is 0.131 e. The maximum atomic E-state index is 9.69. The van der Waals surface area contributed by atoms with Gasteiger partial charge in [0.2, 0.25) is 0 Å². The molecule has 0 spiro atoms. The van der Waals surface area contributed by atoms with Gasteiger partial charge in [-0.1, -0.05) is 0 Å². The van der Waals surface area contributed by atoms with Crippen molar-refractivity contribution in [2.75, 3.05) is 18.0 Å². The molecule has 4 heteroatoms. The Kier molecular flexibility index (Phi) is 4.45. The van der Waals surface area contributed by atoms with Gasteiger partial charge in [-0.3, -0.25) is 0 Å². The Hall–Kier alpha value is -1.13. The Morgan fingerprint density at radius 1 is 1.33 bits per heavy atom. The van der Waals surface area contributed by atoms with E-state index in [0.29, 0.717) is 5.92 Å². The zero-order chi connectivity index (χ0) is 14.8. The fourth-order valence-corrected chi connectivity index (χ4v) is 3.20. The van der Waals surface area contributed by atoms with Crippen LogP contribution in [0.3, 0.4) is 0 Å². The molecule has 2 aliphatic rings. The molecule has 1 aromatic rings. The van der Waals surface area contributed by atoms with E-state index in [1.807, 2.05) is 13.1 Å². The second-order valence-electron chi connectivity index (χ2n) is 6.70. The standard InChI is InChI=1S/C17H27N3O/c1-12-9-14(10-18-16-3-4-16)11-19-17(12)20-7-5-15(6-8-20)13(2)21/h9,11,13,15-16,18,21H,3-8,10H2,1-2H3. The number of nitrogens with zero attached hydrogens (tertiary/aromatic N) is 2. The van der Waals surface area contributed by atoms with Crippen molar-refractivity contribution in [1.29, 1.82) is 0 Å². The molecule has 2 N–H and O–H groups in total. The van der Waals surface area contributed by atoms with E-state index in [-0.39, 0.29) is 6.10 Å². The topological polar surface area (TPSA) is 48.4 Å². The molecule has 21 heavy (non-hydrogen) atoms. The van der Waals surface area contributed by atoms with Gasteiger partial charge in [0, 0.05) is 31.9 Å². The lowest BCUT2D eigenvalue weighted by atomic mass is 9.92. The molecule has 3 rings (SSSR count). The Bertz CT molecular complexity index is 477. The number of rotatable bonds is 5. The maximum absolute atomic E-state index is 9.69. The number of hydrogen-bond donors (Lipinski definition) is 2. The predicted molar refractivity (Wildman–Crippen MR) is 85.5 cm³/mol. The van der Waals surface area contributed by atoms with Crippen LogP contribution in [0.25, 0.3) is 0 Å². The van der Waals surface area contributed by atoms with Crippen molar-refractivity contribution in [3.8, 4) is 0 Å². The number of aryl methyl sites for hydroxylation is 1. The van der Waals surface area contributed by atoms with E-state index in [2.05, 4.69) is 23.2 Å². The van der Waals surface area contributed by atoms with Gasteiger partial charge in [-0.05, 0) is 62.6 Å². The molecule has 1 aromatic heterocycles. The number of anilines is 1. The summed E-state index contributed by atoms with van der Waals surface area (Å²) in [5.74, 6) is 1.57. The highest BCUT2D eigenvalue weighted by Gasteiger charge is 2.24. The zero-order valence-electron chi connectivity index (χ0n) is 13.2. The first-order valence-electron chi connectivity index (χ1n) is 8.25. The number of aliphatic hydroxyl groups excluding tert-OH is 1. The third kappa shape index (κ3) is 3.74. The molecule has 1 unspecified atom stereocenters. The van der Waals surface area contributed by atoms with Crippen molar-refractivity contribution in [2.45, 2.75) is 58.2 Å². The maximum Gasteiger partial charge on any atom is 0.131 e. The highest BCUT2D eigenvalue weighted by atomic mass is 16.3. The summed E-state index contributed by atoms with van der Waals surface area (Å²) in [5.41, 5.74) is 2.54. The Morgan fingerprint density at radius 2 is 2.05 bits per heavy atom. The average Bonchev–Trinajstić information content (AvgIpc) is 3.29. The lowest BCUT2D eigenvalue weighted by Gasteiger charge is -2.34. The summed E-state index contributed by atoms with van der Waals surface area (Å²) in [4.78, 5) is 7.06. The summed E-state index contributed by atoms with van der Waals surface area (Å²) < 4.78 is 0. The lowest BCUT2D eigenvalue weighted by Crippen LogP contribution is -2.37. The molecule has 1 atom stereocenters. The number of nitrogens with one attached hydrogen (secondary N) is 1. The van der Waals surface area contributed by atoms with E-state index in [1.54, 1.807) is 0 Å². The Labute approximate surface area is 127 Å². The van der Waals surface area contributed by atoms with E-state index in [1.165, 1.54) is 24.0 Å². The quantitative estimate of drug-likeness (QED) is 0.873. The van der Waals surface area contributed by atoms with Gasteiger partial charge >= 0.3 is 0 Å². The van der Waals surface area contributed by atoms with E-state index < -0.39 is 0 Å². The number of aliphatic hydroxyl groups is 1. The van der Waals surface area contributed by atoms with Crippen molar-refractivity contribution >= 4 is 5.82 Å². The fourth-order valence-electron chi connectivity index (χ4n) is 3.20. The molecular formula is C17H27N3O. The first kappa shape index (κ1) is 14.8. The van der Waals surface area contributed by atoms with Gasteiger partial charge in [0.15, 0.2) is 0 Å². The molecule has 2 fully saturated rings. The van der Waals surface area contributed by atoms with Gasteiger partial charge in [-0.2, -0.15) is 0 Å². The molecule has 1 saturated heterocycles. The van der Waals surface area contributed by atoms with E-state index in [4.69, 9.17) is 4.98 Å². The first-order valence-corrected chi connectivity index (χ1v) is 8.25. The summed E-state index contributed by atoms with van der Waals surface area (Å²) in [7, 11) is 0. The molecule has 1 saturated carbocycles.